The molecule has 0 radical (unpaired) electrons. The first-order valence-electron chi connectivity index (χ1n) is 7.20. The third-order valence-corrected chi connectivity index (χ3v) is 3.72. The van der Waals surface area contributed by atoms with Crippen LogP contribution in [0.25, 0.3) is 10.9 Å². The Morgan fingerprint density at radius 1 is 1.26 bits per heavy atom. The maximum atomic E-state index is 9.73. The molecule has 0 amide bonds. The smallest absolute Gasteiger partial charge is 0.116 e. The molecule has 0 unspecified atom stereocenters. The van der Waals surface area contributed by atoms with Gasteiger partial charge in [-0.15, -0.1) is 0 Å². The number of aryl methyl sites for hydroxylation is 1. The van der Waals surface area contributed by atoms with Crippen molar-refractivity contribution in [3.63, 3.8) is 0 Å². The molecule has 0 spiro atoms. The minimum Gasteiger partial charge on any atom is -0.508 e. The van der Waals surface area contributed by atoms with E-state index in [1.54, 1.807) is 6.07 Å². The molecule has 2 rings (SSSR count). The average Bonchev–Trinajstić information content (AvgIpc) is 2.65. The van der Waals surface area contributed by atoms with Crippen LogP contribution in [0.5, 0.6) is 5.75 Å². The summed E-state index contributed by atoms with van der Waals surface area (Å²) in [7, 11) is 0. The fourth-order valence-corrected chi connectivity index (χ4v) is 2.62. The highest BCUT2D eigenvalue weighted by Crippen LogP contribution is 2.29. The molecule has 0 aliphatic rings. The van der Waals surface area contributed by atoms with Gasteiger partial charge in [0.25, 0.3) is 0 Å². The van der Waals surface area contributed by atoms with Gasteiger partial charge in [0.2, 0.25) is 0 Å². The molecule has 3 nitrogen and oxygen atoms in total. The van der Waals surface area contributed by atoms with Crippen molar-refractivity contribution < 1.29 is 5.11 Å². The van der Waals surface area contributed by atoms with Gasteiger partial charge in [-0.2, -0.15) is 0 Å². The summed E-state index contributed by atoms with van der Waals surface area (Å²) in [5.41, 5.74) is 3.86. The zero-order valence-electron chi connectivity index (χ0n) is 12.2. The predicted octanol–water partition coefficient (Wildman–Crippen LogP) is 3.56. The number of fused-ring (bicyclic) bond motifs is 1. The lowest BCUT2D eigenvalue weighted by molar-refractivity contribution is 0.476. The Morgan fingerprint density at radius 3 is 2.74 bits per heavy atom. The molecule has 1 aromatic heterocycles. The van der Waals surface area contributed by atoms with Crippen LogP contribution in [0.3, 0.4) is 0 Å². The summed E-state index contributed by atoms with van der Waals surface area (Å²) in [6.45, 7) is 9.38. The fraction of sp³-hybridized carbons (Fsp3) is 0.500. The largest absolute Gasteiger partial charge is 0.508 e. The summed E-state index contributed by atoms with van der Waals surface area (Å²) in [4.78, 5) is 0. The van der Waals surface area contributed by atoms with E-state index in [0.717, 1.165) is 19.6 Å². The second-order valence-electron chi connectivity index (χ2n) is 5.05. The van der Waals surface area contributed by atoms with E-state index in [0.29, 0.717) is 5.75 Å². The molecule has 0 bridgehead atoms. The summed E-state index contributed by atoms with van der Waals surface area (Å²) in [6, 6.07) is 5.70. The third-order valence-electron chi connectivity index (χ3n) is 3.72. The maximum absolute atomic E-state index is 9.73. The number of aromatic hydroxyl groups is 1. The van der Waals surface area contributed by atoms with Gasteiger partial charge >= 0.3 is 0 Å². The highest BCUT2D eigenvalue weighted by molar-refractivity contribution is 5.86. The molecule has 2 aromatic rings. The van der Waals surface area contributed by atoms with Gasteiger partial charge in [0.05, 0.1) is 0 Å². The van der Waals surface area contributed by atoms with Crippen molar-refractivity contribution in [1.82, 2.24) is 9.88 Å². The molecule has 0 saturated heterocycles. The highest BCUT2D eigenvalue weighted by Gasteiger charge is 2.13. The molecule has 0 saturated carbocycles. The van der Waals surface area contributed by atoms with Gasteiger partial charge in [0, 0.05) is 29.7 Å². The number of nitrogens with one attached hydrogen (secondary N) is 1. The molecule has 104 valence electrons. The van der Waals surface area contributed by atoms with Crippen molar-refractivity contribution in [2.75, 3.05) is 6.54 Å². The number of phenols is 1. The first kappa shape index (κ1) is 13.9. The monoisotopic (exact) mass is 260 g/mol. The average molecular weight is 260 g/mol. The minimum atomic E-state index is 0.345. The molecule has 0 aliphatic carbocycles. The fourth-order valence-electron chi connectivity index (χ4n) is 2.62. The lowest BCUT2D eigenvalue weighted by atomic mass is 10.1. The highest BCUT2D eigenvalue weighted by atomic mass is 16.3. The lowest BCUT2D eigenvalue weighted by Gasteiger charge is -2.08. The van der Waals surface area contributed by atoms with Crippen molar-refractivity contribution in [1.29, 1.82) is 0 Å². The molecule has 19 heavy (non-hydrogen) atoms. The molecule has 0 aliphatic heterocycles. The van der Waals surface area contributed by atoms with E-state index in [2.05, 4.69) is 30.7 Å². The normalized spacial score (nSPS) is 11.3. The molecule has 0 atom stereocenters. The number of rotatable bonds is 6. The zero-order valence-corrected chi connectivity index (χ0v) is 12.2. The number of unbranched alkanes of at least 4 members (excludes halogenated alkanes) is 1. The Balaban J connectivity index is 2.51. The third kappa shape index (κ3) is 2.76. The van der Waals surface area contributed by atoms with E-state index in [-0.39, 0.29) is 0 Å². The van der Waals surface area contributed by atoms with Crippen LogP contribution >= 0.6 is 0 Å². The quantitative estimate of drug-likeness (QED) is 0.833. The summed E-state index contributed by atoms with van der Waals surface area (Å²) < 4.78 is 2.38. The Labute approximate surface area is 115 Å². The van der Waals surface area contributed by atoms with E-state index >= 15 is 0 Å². The molecular formula is C16H24N2O. The lowest BCUT2D eigenvalue weighted by Crippen LogP contribution is -2.12. The van der Waals surface area contributed by atoms with Crippen LogP contribution in [0.2, 0.25) is 0 Å². The number of aromatic nitrogens is 1. The minimum absolute atomic E-state index is 0.345. The summed E-state index contributed by atoms with van der Waals surface area (Å²) in [5, 5.41) is 14.3. The van der Waals surface area contributed by atoms with Gasteiger partial charge in [-0.25, -0.2) is 0 Å². The van der Waals surface area contributed by atoms with E-state index in [4.69, 9.17) is 0 Å². The second-order valence-corrected chi connectivity index (χ2v) is 5.05. The number of phenolic OH excluding ortho intramolecular Hbond substituents is 1. The summed E-state index contributed by atoms with van der Waals surface area (Å²) in [6.07, 6.45) is 2.38. The van der Waals surface area contributed by atoms with E-state index in [1.807, 2.05) is 12.1 Å². The number of hydrogen-bond acceptors (Lipinski definition) is 2. The van der Waals surface area contributed by atoms with Gasteiger partial charge in [-0.05, 0) is 43.7 Å². The van der Waals surface area contributed by atoms with E-state index in [1.165, 1.54) is 35.0 Å². The van der Waals surface area contributed by atoms with Crippen LogP contribution < -0.4 is 5.32 Å². The SMILES string of the molecule is CCCCn1c(C)c(CNCC)c2cc(O)ccc21. The standard InChI is InChI=1S/C16H24N2O/c1-4-6-9-18-12(3)15(11-17-5-2)14-10-13(19)7-8-16(14)18/h7-8,10,17,19H,4-6,9,11H2,1-3H3. The zero-order chi connectivity index (χ0) is 13.8. The second kappa shape index (κ2) is 6.11. The first-order valence-corrected chi connectivity index (χ1v) is 7.20. The van der Waals surface area contributed by atoms with Crippen molar-refractivity contribution in [3.8, 4) is 5.75 Å². The van der Waals surface area contributed by atoms with Crippen LogP contribution in [-0.4, -0.2) is 16.2 Å². The van der Waals surface area contributed by atoms with Crippen LogP contribution in [0, 0.1) is 6.92 Å². The van der Waals surface area contributed by atoms with Crippen LogP contribution in [0.15, 0.2) is 18.2 Å². The Kier molecular flexibility index (Phi) is 4.48. The Bertz CT molecular complexity index is 557. The molecular weight excluding hydrogens is 236 g/mol. The van der Waals surface area contributed by atoms with Crippen LogP contribution in [0.1, 0.15) is 37.9 Å². The Hall–Kier alpha value is -1.48. The molecule has 2 N–H and O–H groups in total. The van der Waals surface area contributed by atoms with Crippen molar-refractivity contribution >= 4 is 10.9 Å². The van der Waals surface area contributed by atoms with Gasteiger partial charge in [-0.3, -0.25) is 0 Å². The molecule has 3 heteroatoms. The predicted molar refractivity (Wildman–Crippen MR) is 80.6 cm³/mol. The van der Waals surface area contributed by atoms with Gasteiger partial charge in [-0.1, -0.05) is 20.3 Å². The number of benzene rings is 1. The summed E-state index contributed by atoms with van der Waals surface area (Å²) in [5.74, 6) is 0.345. The first-order chi connectivity index (χ1) is 9.19. The molecule has 1 aromatic carbocycles. The van der Waals surface area contributed by atoms with Crippen molar-refractivity contribution in [2.45, 2.75) is 46.7 Å². The molecule has 1 heterocycles. The van der Waals surface area contributed by atoms with Gasteiger partial charge in [0.15, 0.2) is 0 Å². The van der Waals surface area contributed by atoms with Gasteiger partial charge in [0.1, 0.15) is 5.75 Å². The van der Waals surface area contributed by atoms with E-state index < -0.39 is 0 Å². The number of nitrogens with zero attached hydrogens (tertiary/aromatic N) is 1. The summed E-state index contributed by atoms with van der Waals surface area (Å²) >= 11 is 0. The van der Waals surface area contributed by atoms with Gasteiger partial charge < -0.3 is 15.0 Å². The molecule has 0 fully saturated rings. The Morgan fingerprint density at radius 2 is 2.05 bits per heavy atom. The van der Waals surface area contributed by atoms with E-state index in [9.17, 15) is 5.11 Å². The van der Waals surface area contributed by atoms with Crippen LogP contribution in [0.4, 0.5) is 0 Å². The topological polar surface area (TPSA) is 37.2 Å². The number of hydrogen-bond donors (Lipinski definition) is 2. The maximum Gasteiger partial charge on any atom is 0.116 e. The van der Waals surface area contributed by atoms with Crippen molar-refractivity contribution in [3.05, 3.63) is 29.5 Å². The van der Waals surface area contributed by atoms with Crippen molar-refractivity contribution in [2.24, 2.45) is 0 Å². The van der Waals surface area contributed by atoms with Crippen LogP contribution in [-0.2, 0) is 13.1 Å².